The lowest BCUT2D eigenvalue weighted by Gasteiger charge is -2.22. The third-order valence-electron chi connectivity index (χ3n) is 2.39. The van der Waals surface area contributed by atoms with E-state index >= 15 is 0 Å². The first-order chi connectivity index (χ1) is 8.17. The number of primary amides is 1. The Morgan fingerprint density at radius 1 is 1.12 bits per heavy atom. The van der Waals surface area contributed by atoms with Gasteiger partial charge < -0.3 is 10.6 Å². The van der Waals surface area contributed by atoms with Gasteiger partial charge in [0.2, 0.25) is 5.91 Å². The number of halogens is 2. The van der Waals surface area contributed by atoms with E-state index in [2.05, 4.69) is 4.90 Å². The van der Waals surface area contributed by atoms with Crippen molar-refractivity contribution in [2.45, 2.75) is 6.42 Å². The SMILES string of the molecule is NC(=O)Cc1ccc(N(CCCl)CCCl)cc1. The summed E-state index contributed by atoms with van der Waals surface area (Å²) in [6, 6.07) is 7.71. The summed E-state index contributed by atoms with van der Waals surface area (Å²) in [6.07, 6.45) is 0.269. The summed E-state index contributed by atoms with van der Waals surface area (Å²) in [6.45, 7) is 1.51. The number of carbonyl (C=O) groups excluding carboxylic acids is 1. The molecule has 0 aromatic heterocycles. The van der Waals surface area contributed by atoms with Crippen LogP contribution in [0.3, 0.4) is 0 Å². The lowest BCUT2D eigenvalue weighted by molar-refractivity contribution is -0.117. The standard InChI is InChI=1S/C12H16Cl2N2O/c13-5-7-16(8-6-14)11-3-1-10(2-4-11)9-12(15)17/h1-4H,5-9H2,(H2,15,17). The number of nitrogens with zero attached hydrogens (tertiary/aromatic N) is 1. The molecule has 0 spiro atoms. The number of carbonyl (C=O) groups is 1. The van der Waals surface area contributed by atoms with Gasteiger partial charge in [-0.3, -0.25) is 4.79 Å². The van der Waals surface area contributed by atoms with E-state index in [-0.39, 0.29) is 12.3 Å². The van der Waals surface area contributed by atoms with Crippen LogP contribution in [0.25, 0.3) is 0 Å². The van der Waals surface area contributed by atoms with Gasteiger partial charge in [-0.1, -0.05) is 12.1 Å². The molecule has 0 radical (unpaired) electrons. The molecule has 17 heavy (non-hydrogen) atoms. The zero-order valence-corrected chi connectivity index (χ0v) is 11.0. The molecule has 0 aliphatic rings. The first kappa shape index (κ1) is 14.1. The monoisotopic (exact) mass is 274 g/mol. The Hall–Kier alpha value is -0.930. The van der Waals surface area contributed by atoms with Gasteiger partial charge in [0, 0.05) is 30.5 Å². The number of anilines is 1. The zero-order chi connectivity index (χ0) is 12.7. The van der Waals surface area contributed by atoms with Crippen molar-refractivity contribution in [2.75, 3.05) is 29.7 Å². The highest BCUT2D eigenvalue weighted by atomic mass is 35.5. The minimum atomic E-state index is -0.323. The zero-order valence-electron chi connectivity index (χ0n) is 9.53. The lowest BCUT2D eigenvalue weighted by Crippen LogP contribution is -2.27. The van der Waals surface area contributed by atoms with Crippen molar-refractivity contribution < 1.29 is 4.79 Å². The number of amides is 1. The van der Waals surface area contributed by atoms with Crippen molar-refractivity contribution in [3.8, 4) is 0 Å². The lowest BCUT2D eigenvalue weighted by atomic mass is 10.1. The van der Waals surface area contributed by atoms with E-state index in [1.165, 1.54) is 0 Å². The highest BCUT2D eigenvalue weighted by Gasteiger charge is 2.05. The van der Waals surface area contributed by atoms with Gasteiger partial charge in [-0.2, -0.15) is 0 Å². The minimum absolute atomic E-state index is 0.269. The van der Waals surface area contributed by atoms with E-state index in [1.54, 1.807) is 0 Å². The Morgan fingerprint density at radius 3 is 2.06 bits per heavy atom. The first-order valence-corrected chi connectivity index (χ1v) is 6.48. The normalized spacial score (nSPS) is 10.2. The van der Waals surface area contributed by atoms with E-state index < -0.39 is 0 Å². The van der Waals surface area contributed by atoms with Crippen molar-refractivity contribution in [3.63, 3.8) is 0 Å². The molecule has 0 saturated carbocycles. The molecule has 0 unspecified atom stereocenters. The average molecular weight is 275 g/mol. The van der Waals surface area contributed by atoms with Crippen molar-refractivity contribution in [1.82, 2.24) is 0 Å². The predicted molar refractivity (Wildman–Crippen MR) is 73.0 cm³/mol. The second-order valence-corrected chi connectivity index (χ2v) is 4.43. The minimum Gasteiger partial charge on any atom is -0.369 e. The van der Waals surface area contributed by atoms with Crippen LogP contribution in [-0.4, -0.2) is 30.8 Å². The van der Waals surface area contributed by atoms with Crippen LogP contribution in [0, 0.1) is 0 Å². The fraction of sp³-hybridized carbons (Fsp3) is 0.417. The van der Waals surface area contributed by atoms with E-state index in [0.717, 1.165) is 24.3 Å². The number of hydrogen-bond donors (Lipinski definition) is 1. The van der Waals surface area contributed by atoms with E-state index in [9.17, 15) is 4.79 Å². The van der Waals surface area contributed by atoms with Gasteiger partial charge in [0.15, 0.2) is 0 Å². The smallest absolute Gasteiger partial charge is 0.221 e. The van der Waals surface area contributed by atoms with Crippen molar-refractivity contribution in [2.24, 2.45) is 5.73 Å². The summed E-state index contributed by atoms with van der Waals surface area (Å²) in [5.41, 5.74) is 7.10. The maximum atomic E-state index is 10.8. The molecule has 1 aromatic rings. The fourth-order valence-electron chi connectivity index (χ4n) is 1.60. The second-order valence-electron chi connectivity index (χ2n) is 3.67. The van der Waals surface area contributed by atoms with Crippen LogP contribution < -0.4 is 10.6 Å². The quantitative estimate of drug-likeness (QED) is 0.774. The molecule has 0 aliphatic heterocycles. The van der Waals surface area contributed by atoms with Crippen LogP contribution >= 0.6 is 23.2 Å². The molecule has 0 bridgehead atoms. The van der Waals surface area contributed by atoms with Crippen molar-refractivity contribution >= 4 is 34.8 Å². The summed E-state index contributed by atoms with van der Waals surface area (Å²) < 4.78 is 0. The van der Waals surface area contributed by atoms with E-state index in [0.29, 0.717) is 11.8 Å². The van der Waals surface area contributed by atoms with Crippen LogP contribution in [0.2, 0.25) is 0 Å². The molecular weight excluding hydrogens is 259 g/mol. The Bertz CT molecular complexity index is 348. The molecule has 0 fully saturated rings. The van der Waals surface area contributed by atoms with Gasteiger partial charge in [0.25, 0.3) is 0 Å². The molecule has 3 nitrogen and oxygen atoms in total. The molecule has 1 rings (SSSR count). The van der Waals surface area contributed by atoms with Gasteiger partial charge in [-0.25, -0.2) is 0 Å². The summed E-state index contributed by atoms with van der Waals surface area (Å²) in [7, 11) is 0. The highest BCUT2D eigenvalue weighted by Crippen LogP contribution is 2.15. The van der Waals surface area contributed by atoms with Crippen LogP contribution in [-0.2, 0) is 11.2 Å². The van der Waals surface area contributed by atoms with Crippen LogP contribution in [0.4, 0.5) is 5.69 Å². The Kier molecular flexibility index (Phi) is 6.16. The molecule has 0 heterocycles. The summed E-state index contributed by atoms with van der Waals surface area (Å²) in [5.74, 6) is 0.788. The fourth-order valence-corrected chi connectivity index (χ4v) is 2.01. The topological polar surface area (TPSA) is 46.3 Å². The Balaban J connectivity index is 2.72. The van der Waals surface area contributed by atoms with Crippen LogP contribution in [0.1, 0.15) is 5.56 Å². The molecule has 5 heteroatoms. The Labute approximate surface area is 111 Å². The van der Waals surface area contributed by atoms with Crippen LogP contribution in [0.5, 0.6) is 0 Å². The number of benzene rings is 1. The number of rotatable bonds is 7. The molecule has 1 aromatic carbocycles. The number of nitrogens with two attached hydrogens (primary N) is 1. The maximum absolute atomic E-state index is 10.8. The molecule has 0 saturated heterocycles. The summed E-state index contributed by atoms with van der Waals surface area (Å²) in [5, 5.41) is 0. The third kappa shape index (κ3) is 4.84. The number of alkyl halides is 2. The van der Waals surface area contributed by atoms with Gasteiger partial charge in [0.05, 0.1) is 6.42 Å². The molecule has 1 amide bonds. The van der Waals surface area contributed by atoms with Crippen molar-refractivity contribution in [1.29, 1.82) is 0 Å². The van der Waals surface area contributed by atoms with E-state index in [1.807, 2.05) is 24.3 Å². The van der Waals surface area contributed by atoms with Gasteiger partial charge in [0.1, 0.15) is 0 Å². The van der Waals surface area contributed by atoms with E-state index in [4.69, 9.17) is 28.9 Å². The predicted octanol–water partition coefficient (Wildman–Crippen LogP) is 2.00. The van der Waals surface area contributed by atoms with Crippen LogP contribution in [0.15, 0.2) is 24.3 Å². The largest absolute Gasteiger partial charge is 0.369 e. The summed E-state index contributed by atoms with van der Waals surface area (Å²) >= 11 is 11.5. The van der Waals surface area contributed by atoms with Gasteiger partial charge in [-0.15, -0.1) is 23.2 Å². The Morgan fingerprint density at radius 2 is 1.65 bits per heavy atom. The maximum Gasteiger partial charge on any atom is 0.221 e. The van der Waals surface area contributed by atoms with Crippen molar-refractivity contribution in [3.05, 3.63) is 29.8 Å². The first-order valence-electron chi connectivity index (χ1n) is 5.41. The summed E-state index contributed by atoms with van der Waals surface area (Å²) in [4.78, 5) is 12.9. The average Bonchev–Trinajstić information content (AvgIpc) is 2.29. The highest BCUT2D eigenvalue weighted by molar-refractivity contribution is 6.18. The van der Waals surface area contributed by atoms with Gasteiger partial charge >= 0.3 is 0 Å². The number of hydrogen-bond acceptors (Lipinski definition) is 2. The second kappa shape index (κ2) is 7.41. The van der Waals surface area contributed by atoms with Gasteiger partial charge in [-0.05, 0) is 17.7 Å². The third-order valence-corrected chi connectivity index (χ3v) is 2.73. The molecular formula is C12H16Cl2N2O. The molecule has 94 valence electrons. The molecule has 0 atom stereocenters. The molecule has 0 aliphatic carbocycles. The molecule has 2 N–H and O–H groups in total.